The molecule has 1 aliphatic rings. The first-order valence-corrected chi connectivity index (χ1v) is 12.5. The molecule has 29 heavy (non-hydrogen) atoms. The van der Waals surface area contributed by atoms with Crippen LogP contribution in [0.15, 0.2) is 34.6 Å². The second-order valence-electron chi connectivity index (χ2n) is 6.62. The molecule has 0 unspecified atom stereocenters. The van der Waals surface area contributed by atoms with Crippen molar-refractivity contribution in [2.45, 2.75) is 29.6 Å². The number of thiophene rings is 1. The molecule has 1 aliphatic carbocycles. The van der Waals surface area contributed by atoms with Crippen LogP contribution >= 0.6 is 46.5 Å². The van der Waals surface area contributed by atoms with Crippen molar-refractivity contribution in [2.75, 3.05) is 17.3 Å². The summed E-state index contributed by atoms with van der Waals surface area (Å²) < 4.78 is 1.98. The Morgan fingerprint density at radius 3 is 2.86 bits per heavy atom. The van der Waals surface area contributed by atoms with Gasteiger partial charge in [-0.05, 0) is 55.3 Å². The van der Waals surface area contributed by atoms with Gasteiger partial charge in [0.1, 0.15) is 4.83 Å². The largest absolute Gasteiger partial charge is 0.325 e. The Morgan fingerprint density at radius 2 is 2.07 bits per heavy atom. The number of aromatic nitrogens is 4. The number of carbonyl (C=O) groups excluding carboxylic acids is 1. The van der Waals surface area contributed by atoms with E-state index in [2.05, 4.69) is 15.5 Å². The molecule has 0 aliphatic heterocycles. The number of thioether (sulfide) groups is 2. The van der Waals surface area contributed by atoms with Crippen LogP contribution in [-0.2, 0) is 17.6 Å². The highest BCUT2D eigenvalue weighted by atomic mass is 35.5. The minimum Gasteiger partial charge on any atom is -0.325 e. The van der Waals surface area contributed by atoms with E-state index in [0.29, 0.717) is 15.9 Å². The monoisotopic (exact) mass is 461 g/mol. The number of rotatable bonds is 5. The molecule has 0 bridgehead atoms. The van der Waals surface area contributed by atoms with E-state index >= 15 is 0 Å². The van der Waals surface area contributed by atoms with E-state index in [1.54, 1.807) is 47.4 Å². The van der Waals surface area contributed by atoms with Crippen LogP contribution in [0.4, 0.5) is 5.69 Å². The van der Waals surface area contributed by atoms with E-state index in [1.807, 2.05) is 10.7 Å². The Morgan fingerprint density at radius 1 is 1.24 bits per heavy atom. The van der Waals surface area contributed by atoms with Crippen LogP contribution in [0.25, 0.3) is 15.9 Å². The van der Waals surface area contributed by atoms with Gasteiger partial charge in [0, 0.05) is 15.6 Å². The lowest BCUT2D eigenvalue weighted by molar-refractivity contribution is -0.113. The van der Waals surface area contributed by atoms with Crippen molar-refractivity contribution in [3.05, 3.63) is 39.7 Å². The molecule has 0 spiro atoms. The molecule has 148 valence electrons. The van der Waals surface area contributed by atoms with Gasteiger partial charge in [0.15, 0.2) is 16.0 Å². The predicted molar refractivity (Wildman–Crippen MR) is 121 cm³/mol. The lowest BCUT2D eigenvalue weighted by Gasteiger charge is -2.07. The molecule has 1 aromatic carbocycles. The standard InChI is InChI=1S/C19H16ClN5OS3/c1-27-18-22-17-15(12-3-2-4-13(12)29-17)16-23-24-19(25(16)18)28-9-14(26)21-11-7-5-10(20)6-8-11/h5-8H,2-4,9H2,1H3,(H,21,26). The smallest absolute Gasteiger partial charge is 0.234 e. The fraction of sp³-hybridized carbons (Fsp3) is 0.263. The quantitative estimate of drug-likeness (QED) is 0.335. The van der Waals surface area contributed by atoms with Crippen LogP contribution < -0.4 is 5.32 Å². The van der Waals surface area contributed by atoms with Gasteiger partial charge in [-0.2, -0.15) is 0 Å². The number of aryl methyl sites for hydroxylation is 2. The molecule has 6 nitrogen and oxygen atoms in total. The van der Waals surface area contributed by atoms with Crippen LogP contribution in [0.5, 0.6) is 0 Å². The van der Waals surface area contributed by atoms with E-state index in [-0.39, 0.29) is 11.7 Å². The van der Waals surface area contributed by atoms with Gasteiger partial charge in [0.05, 0.1) is 11.1 Å². The molecule has 1 N–H and O–H groups in total. The van der Waals surface area contributed by atoms with Crippen LogP contribution in [0, 0.1) is 0 Å². The maximum Gasteiger partial charge on any atom is 0.234 e. The molecule has 0 fully saturated rings. The summed E-state index contributed by atoms with van der Waals surface area (Å²) in [5.41, 5.74) is 2.94. The van der Waals surface area contributed by atoms with Gasteiger partial charge in [0.2, 0.25) is 5.91 Å². The summed E-state index contributed by atoms with van der Waals surface area (Å²) in [6.07, 6.45) is 5.38. The molecule has 5 rings (SSSR count). The predicted octanol–water partition coefficient (Wildman–Crippen LogP) is 4.93. The Labute approximate surface area is 184 Å². The topological polar surface area (TPSA) is 72.2 Å². The fourth-order valence-electron chi connectivity index (χ4n) is 3.53. The van der Waals surface area contributed by atoms with Crippen LogP contribution in [0.1, 0.15) is 16.9 Å². The van der Waals surface area contributed by atoms with Gasteiger partial charge < -0.3 is 5.32 Å². The molecule has 0 saturated carbocycles. The number of fused-ring (bicyclic) bond motifs is 5. The summed E-state index contributed by atoms with van der Waals surface area (Å²) in [6, 6.07) is 7.05. The average molecular weight is 462 g/mol. The number of hydrogen-bond acceptors (Lipinski definition) is 7. The highest BCUT2D eigenvalue weighted by Crippen LogP contribution is 2.40. The Kier molecular flexibility index (Phi) is 5.15. The van der Waals surface area contributed by atoms with E-state index in [9.17, 15) is 4.79 Å². The summed E-state index contributed by atoms with van der Waals surface area (Å²) in [4.78, 5) is 19.7. The maximum absolute atomic E-state index is 12.4. The molecule has 3 aromatic heterocycles. The number of hydrogen-bond donors (Lipinski definition) is 1. The summed E-state index contributed by atoms with van der Waals surface area (Å²) in [5.74, 6) is 0.127. The van der Waals surface area contributed by atoms with Crippen LogP contribution in [0.2, 0.25) is 5.02 Å². The molecule has 10 heteroatoms. The highest BCUT2D eigenvalue weighted by molar-refractivity contribution is 8.00. The molecule has 0 saturated heterocycles. The zero-order valence-corrected chi connectivity index (χ0v) is 18.6. The normalized spacial score (nSPS) is 13.3. The summed E-state index contributed by atoms with van der Waals surface area (Å²) in [5, 5.41) is 15.0. The van der Waals surface area contributed by atoms with Gasteiger partial charge in [-0.15, -0.1) is 21.5 Å². The summed E-state index contributed by atoms with van der Waals surface area (Å²) in [7, 11) is 0. The second-order valence-corrected chi connectivity index (χ2v) is 9.86. The third-order valence-electron chi connectivity index (χ3n) is 4.79. The van der Waals surface area contributed by atoms with Crippen molar-refractivity contribution in [1.29, 1.82) is 0 Å². The van der Waals surface area contributed by atoms with Crippen molar-refractivity contribution in [2.24, 2.45) is 0 Å². The molecule has 4 aromatic rings. The van der Waals surface area contributed by atoms with Crippen LogP contribution in [-0.4, -0.2) is 37.5 Å². The number of benzene rings is 1. The van der Waals surface area contributed by atoms with Crippen molar-refractivity contribution < 1.29 is 4.79 Å². The Hall–Kier alpha value is -1.81. The molecule has 1 amide bonds. The zero-order valence-electron chi connectivity index (χ0n) is 15.4. The third-order valence-corrected chi connectivity index (χ3v) is 7.80. The number of nitrogens with one attached hydrogen (secondary N) is 1. The molecular formula is C19H16ClN5OS3. The van der Waals surface area contributed by atoms with E-state index in [0.717, 1.165) is 33.9 Å². The maximum atomic E-state index is 12.4. The average Bonchev–Trinajstić information content (AvgIpc) is 3.41. The molecular weight excluding hydrogens is 446 g/mol. The number of halogens is 1. The van der Waals surface area contributed by atoms with E-state index in [1.165, 1.54) is 28.6 Å². The van der Waals surface area contributed by atoms with Gasteiger partial charge in [-0.3, -0.25) is 4.79 Å². The number of anilines is 1. The van der Waals surface area contributed by atoms with E-state index in [4.69, 9.17) is 16.6 Å². The first-order valence-electron chi connectivity index (χ1n) is 9.05. The van der Waals surface area contributed by atoms with Crippen molar-refractivity contribution in [1.82, 2.24) is 19.6 Å². The zero-order chi connectivity index (χ0) is 20.0. The minimum absolute atomic E-state index is 0.106. The van der Waals surface area contributed by atoms with Gasteiger partial charge in [-0.25, -0.2) is 9.38 Å². The number of carbonyl (C=O) groups is 1. The minimum atomic E-state index is -0.106. The SMILES string of the molecule is CSc1nc2sc3c(c2c2nnc(SCC(=O)Nc4ccc(Cl)cc4)n12)CCC3. The Balaban J connectivity index is 1.43. The van der Waals surface area contributed by atoms with Crippen molar-refractivity contribution in [3.63, 3.8) is 0 Å². The highest BCUT2D eigenvalue weighted by Gasteiger charge is 2.24. The third kappa shape index (κ3) is 3.50. The molecule has 0 atom stereocenters. The van der Waals surface area contributed by atoms with Gasteiger partial charge in [0.25, 0.3) is 0 Å². The second kappa shape index (κ2) is 7.79. The molecule has 3 heterocycles. The molecule has 0 radical (unpaired) electrons. The first kappa shape index (κ1) is 19.2. The first-order chi connectivity index (χ1) is 14.1. The fourth-order valence-corrected chi connectivity index (χ4v) is 6.30. The van der Waals surface area contributed by atoms with Crippen molar-refractivity contribution >= 4 is 73.9 Å². The van der Waals surface area contributed by atoms with Gasteiger partial charge in [-0.1, -0.05) is 35.1 Å². The summed E-state index contributed by atoms with van der Waals surface area (Å²) in [6.45, 7) is 0. The van der Waals surface area contributed by atoms with Crippen LogP contribution in [0.3, 0.4) is 0 Å². The summed E-state index contributed by atoms with van der Waals surface area (Å²) >= 11 is 10.6. The lowest BCUT2D eigenvalue weighted by Crippen LogP contribution is -2.14. The van der Waals surface area contributed by atoms with Crippen molar-refractivity contribution in [3.8, 4) is 0 Å². The number of amides is 1. The van der Waals surface area contributed by atoms with Gasteiger partial charge >= 0.3 is 0 Å². The Bertz CT molecular complexity index is 1230. The number of nitrogens with zero attached hydrogens (tertiary/aromatic N) is 4. The lowest BCUT2D eigenvalue weighted by atomic mass is 10.2. The van der Waals surface area contributed by atoms with E-state index < -0.39 is 0 Å².